The molecule has 14 heavy (non-hydrogen) atoms. The highest BCUT2D eigenvalue weighted by Crippen LogP contribution is 2.23. The Morgan fingerprint density at radius 3 is 2.57 bits per heavy atom. The van der Waals surface area contributed by atoms with Crippen molar-refractivity contribution in [1.82, 2.24) is 5.48 Å². The summed E-state index contributed by atoms with van der Waals surface area (Å²) in [6, 6.07) is 4.72. The first-order valence-electron chi connectivity index (χ1n) is 3.89. The fourth-order valence-corrected chi connectivity index (χ4v) is 1.05. The van der Waals surface area contributed by atoms with E-state index in [9.17, 15) is 4.79 Å². The van der Waals surface area contributed by atoms with Crippen molar-refractivity contribution in [2.45, 2.75) is 0 Å². The van der Waals surface area contributed by atoms with Gasteiger partial charge >= 0.3 is 0 Å². The van der Waals surface area contributed by atoms with E-state index in [0.29, 0.717) is 11.5 Å². The Morgan fingerprint density at radius 1 is 1.36 bits per heavy atom. The molecule has 0 aliphatic rings. The van der Waals surface area contributed by atoms with Gasteiger partial charge in [0.1, 0.15) is 11.5 Å². The minimum Gasteiger partial charge on any atom is -0.497 e. The number of hydroxylamine groups is 1. The number of carbonyl (C=O) groups is 1. The number of ether oxygens (including phenoxy) is 2. The topological polar surface area (TPSA) is 67.8 Å². The van der Waals surface area contributed by atoms with Crippen molar-refractivity contribution in [1.29, 1.82) is 0 Å². The molecular weight excluding hydrogens is 186 g/mol. The largest absolute Gasteiger partial charge is 0.497 e. The molecule has 0 heterocycles. The molecule has 0 bridgehead atoms. The molecule has 0 fully saturated rings. The van der Waals surface area contributed by atoms with E-state index >= 15 is 0 Å². The second-order valence-corrected chi connectivity index (χ2v) is 2.51. The first-order chi connectivity index (χ1) is 6.72. The van der Waals surface area contributed by atoms with Crippen LogP contribution in [-0.4, -0.2) is 25.3 Å². The van der Waals surface area contributed by atoms with E-state index in [1.165, 1.54) is 25.8 Å². The molecule has 0 unspecified atom stereocenters. The van der Waals surface area contributed by atoms with Crippen molar-refractivity contribution < 1.29 is 19.5 Å². The quantitative estimate of drug-likeness (QED) is 0.556. The van der Waals surface area contributed by atoms with Crippen molar-refractivity contribution in [2.75, 3.05) is 14.2 Å². The number of carbonyl (C=O) groups excluding carboxylic acids is 1. The molecule has 0 saturated heterocycles. The zero-order chi connectivity index (χ0) is 10.6. The molecule has 5 nitrogen and oxygen atoms in total. The third kappa shape index (κ3) is 1.94. The summed E-state index contributed by atoms with van der Waals surface area (Å²) < 4.78 is 9.87. The first kappa shape index (κ1) is 10.3. The average Bonchev–Trinajstić information content (AvgIpc) is 2.27. The van der Waals surface area contributed by atoms with Crippen molar-refractivity contribution in [2.24, 2.45) is 0 Å². The van der Waals surface area contributed by atoms with Crippen molar-refractivity contribution in [3.05, 3.63) is 23.8 Å². The van der Waals surface area contributed by atoms with Crippen molar-refractivity contribution >= 4 is 5.91 Å². The van der Waals surface area contributed by atoms with E-state index in [2.05, 4.69) is 0 Å². The van der Waals surface area contributed by atoms with E-state index in [4.69, 9.17) is 14.7 Å². The Labute approximate surface area is 81.2 Å². The Kier molecular flexibility index (Phi) is 3.30. The van der Waals surface area contributed by atoms with E-state index in [0.717, 1.165) is 0 Å². The van der Waals surface area contributed by atoms with Gasteiger partial charge in [0.2, 0.25) is 0 Å². The third-order valence-corrected chi connectivity index (χ3v) is 1.75. The molecule has 2 N–H and O–H groups in total. The SMILES string of the molecule is COc1ccc(OC)c(C(=O)NO)c1. The molecule has 0 spiro atoms. The van der Waals surface area contributed by atoms with Gasteiger partial charge in [-0.15, -0.1) is 0 Å². The lowest BCUT2D eigenvalue weighted by molar-refractivity contribution is 0.0702. The van der Waals surface area contributed by atoms with Crippen LogP contribution in [0.3, 0.4) is 0 Å². The van der Waals surface area contributed by atoms with E-state index < -0.39 is 5.91 Å². The van der Waals surface area contributed by atoms with Crippen molar-refractivity contribution in [3.8, 4) is 11.5 Å². The van der Waals surface area contributed by atoms with Gasteiger partial charge in [-0.3, -0.25) is 10.0 Å². The Morgan fingerprint density at radius 2 is 2.07 bits per heavy atom. The summed E-state index contributed by atoms with van der Waals surface area (Å²) in [7, 11) is 2.93. The van der Waals surface area contributed by atoms with Gasteiger partial charge in [0, 0.05) is 0 Å². The van der Waals surface area contributed by atoms with Crippen LogP contribution >= 0.6 is 0 Å². The third-order valence-electron chi connectivity index (χ3n) is 1.75. The standard InChI is InChI=1S/C9H11NO4/c1-13-6-3-4-8(14-2)7(5-6)9(11)10-12/h3-5,12H,1-2H3,(H,10,11). The molecule has 0 aromatic heterocycles. The lowest BCUT2D eigenvalue weighted by Crippen LogP contribution is -2.19. The minimum absolute atomic E-state index is 0.217. The van der Waals surface area contributed by atoms with E-state index in [1.54, 1.807) is 12.1 Å². The molecule has 1 aromatic rings. The summed E-state index contributed by atoms with van der Waals surface area (Å²) >= 11 is 0. The van der Waals surface area contributed by atoms with E-state index in [-0.39, 0.29) is 5.56 Å². The van der Waals surface area contributed by atoms with Crippen LogP contribution in [0.15, 0.2) is 18.2 Å². The summed E-state index contributed by atoms with van der Waals surface area (Å²) in [5.74, 6) is 0.252. The smallest absolute Gasteiger partial charge is 0.278 e. The normalized spacial score (nSPS) is 9.36. The van der Waals surface area contributed by atoms with Gasteiger partial charge in [0.15, 0.2) is 0 Å². The number of hydrogen-bond donors (Lipinski definition) is 2. The number of rotatable bonds is 3. The number of hydrogen-bond acceptors (Lipinski definition) is 4. The maximum absolute atomic E-state index is 11.2. The Balaban J connectivity index is 3.14. The molecule has 76 valence electrons. The number of methoxy groups -OCH3 is 2. The molecule has 1 rings (SSSR count). The van der Waals surface area contributed by atoms with Crippen LogP contribution in [0.2, 0.25) is 0 Å². The maximum atomic E-state index is 11.2. The molecule has 1 aromatic carbocycles. The van der Waals surface area contributed by atoms with Gasteiger partial charge < -0.3 is 9.47 Å². The second kappa shape index (κ2) is 4.48. The van der Waals surface area contributed by atoms with Crippen LogP contribution < -0.4 is 15.0 Å². The summed E-state index contributed by atoms with van der Waals surface area (Å²) in [5, 5.41) is 8.48. The molecule has 1 amide bonds. The molecule has 5 heteroatoms. The predicted octanol–water partition coefficient (Wildman–Crippen LogP) is 0.823. The zero-order valence-corrected chi connectivity index (χ0v) is 7.90. The van der Waals surface area contributed by atoms with Crippen LogP contribution in [-0.2, 0) is 0 Å². The average molecular weight is 197 g/mol. The molecule has 0 aliphatic carbocycles. The molecule has 0 radical (unpaired) electrons. The minimum atomic E-state index is -0.638. The van der Waals surface area contributed by atoms with Crippen LogP contribution in [0.5, 0.6) is 11.5 Å². The monoisotopic (exact) mass is 197 g/mol. The lowest BCUT2D eigenvalue weighted by atomic mass is 10.2. The number of amides is 1. The second-order valence-electron chi connectivity index (χ2n) is 2.51. The Bertz CT molecular complexity index is 338. The first-order valence-corrected chi connectivity index (χ1v) is 3.89. The van der Waals surface area contributed by atoms with Gasteiger partial charge in [-0.25, -0.2) is 5.48 Å². The van der Waals surface area contributed by atoms with Gasteiger partial charge in [0.25, 0.3) is 5.91 Å². The summed E-state index contributed by atoms with van der Waals surface area (Å²) in [6.45, 7) is 0. The van der Waals surface area contributed by atoms with Crippen LogP contribution in [0, 0.1) is 0 Å². The van der Waals surface area contributed by atoms with E-state index in [1.807, 2.05) is 0 Å². The fourth-order valence-electron chi connectivity index (χ4n) is 1.05. The Hall–Kier alpha value is -1.75. The van der Waals surface area contributed by atoms with Gasteiger partial charge in [-0.1, -0.05) is 0 Å². The zero-order valence-electron chi connectivity index (χ0n) is 7.90. The molecule has 0 saturated carbocycles. The summed E-state index contributed by atoms with van der Waals surface area (Å²) in [6.07, 6.45) is 0. The molecular formula is C9H11NO4. The highest BCUT2D eigenvalue weighted by molar-refractivity contribution is 5.96. The molecule has 0 aliphatic heterocycles. The van der Waals surface area contributed by atoms with Crippen LogP contribution in [0.1, 0.15) is 10.4 Å². The van der Waals surface area contributed by atoms with Crippen LogP contribution in [0.25, 0.3) is 0 Å². The maximum Gasteiger partial charge on any atom is 0.278 e. The van der Waals surface area contributed by atoms with Crippen LogP contribution in [0.4, 0.5) is 0 Å². The highest BCUT2D eigenvalue weighted by atomic mass is 16.5. The van der Waals surface area contributed by atoms with Gasteiger partial charge in [-0.05, 0) is 18.2 Å². The number of benzene rings is 1. The van der Waals surface area contributed by atoms with Gasteiger partial charge in [0.05, 0.1) is 19.8 Å². The lowest BCUT2D eigenvalue weighted by Gasteiger charge is -2.08. The summed E-state index contributed by atoms with van der Waals surface area (Å²) in [5.41, 5.74) is 1.75. The summed E-state index contributed by atoms with van der Waals surface area (Å²) in [4.78, 5) is 11.2. The van der Waals surface area contributed by atoms with Gasteiger partial charge in [-0.2, -0.15) is 0 Å². The fraction of sp³-hybridized carbons (Fsp3) is 0.222. The molecule has 0 atom stereocenters. The van der Waals surface area contributed by atoms with Crippen molar-refractivity contribution in [3.63, 3.8) is 0 Å². The number of nitrogens with one attached hydrogen (secondary N) is 1. The highest BCUT2D eigenvalue weighted by Gasteiger charge is 2.12. The predicted molar refractivity (Wildman–Crippen MR) is 48.8 cm³/mol.